The van der Waals surface area contributed by atoms with Crippen LogP contribution < -0.4 is 9.46 Å². The Balaban J connectivity index is 1.26. The Bertz CT molecular complexity index is 1550. The highest BCUT2D eigenvalue weighted by Gasteiger charge is 2.47. The van der Waals surface area contributed by atoms with E-state index in [0.29, 0.717) is 18.3 Å². The van der Waals surface area contributed by atoms with E-state index in [4.69, 9.17) is 4.74 Å². The second-order valence-corrected chi connectivity index (χ2v) is 11.5. The lowest BCUT2D eigenvalue weighted by Gasteiger charge is -2.49. The second-order valence-electron chi connectivity index (χ2n) is 9.07. The van der Waals surface area contributed by atoms with Crippen LogP contribution in [0.25, 0.3) is 0 Å². The molecule has 0 fully saturated rings. The summed E-state index contributed by atoms with van der Waals surface area (Å²) in [5.41, 5.74) is 5.57. The number of anilines is 1. The summed E-state index contributed by atoms with van der Waals surface area (Å²) in [4.78, 5) is 3.82. The van der Waals surface area contributed by atoms with Crippen LogP contribution in [-0.2, 0) is 15.4 Å². The van der Waals surface area contributed by atoms with Gasteiger partial charge in [-0.1, -0.05) is 48.5 Å². The monoisotopic (exact) mass is 514 g/mol. The van der Waals surface area contributed by atoms with Crippen LogP contribution >= 0.6 is 11.5 Å². The van der Waals surface area contributed by atoms with Crippen LogP contribution in [-0.4, -0.2) is 24.4 Å². The molecule has 0 unspecified atom stereocenters. The minimum atomic E-state index is -3.89. The van der Waals surface area contributed by atoms with Crippen LogP contribution in [0, 0.1) is 11.3 Å². The summed E-state index contributed by atoms with van der Waals surface area (Å²) in [7, 11) is -3.89. The minimum Gasteiger partial charge on any atom is -0.492 e. The fourth-order valence-electron chi connectivity index (χ4n) is 5.77. The van der Waals surface area contributed by atoms with E-state index in [0.717, 1.165) is 30.8 Å². The molecule has 0 spiro atoms. The van der Waals surface area contributed by atoms with Crippen LogP contribution in [0.1, 0.15) is 53.0 Å². The smallest absolute Gasteiger partial charge is 0.263 e. The highest BCUT2D eigenvalue weighted by molar-refractivity contribution is 7.93. The molecule has 0 aliphatic heterocycles. The van der Waals surface area contributed by atoms with E-state index in [-0.39, 0.29) is 21.0 Å². The van der Waals surface area contributed by atoms with Gasteiger partial charge < -0.3 is 4.74 Å². The van der Waals surface area contributed by atoms with Crippen LogP contribution in [0.15, 0.2) is 78.0 Å². The molecule has 2 bridgehead atoms. The van der Waals surface area contributed by atoms with Crippen molar-refractivity contribution in [3.63, 3.8) is 0 Å². The number of benzene rings is 3. The number of rotatable bonds is 7. The molecule has 3 aliphatic carbocycles. The quantitative estimate of drug-likeness (QED) is 0.363. The van der Waals surface area contributed by atoms with Crippen molar-refractivity contribution in [3.8, 4) is 11.8 Å². The van der Waals surface area contributed by atoms with Gasteiger partial charge in [0, 0.05) is 22.9 Å². The molecule has 0 saturated heterocycles. The molecule has 1 heterocycles. The van der Waals surface area contributed by atoms with Gasteiger partial charge >= 0.3 is 0 Å². The molecule has 1 aromatic heterocycles. The van der Waals surface area contributed by atoms with Crippen molar-refractivity contribution in [2.75, 3.05) is 11.3 Å². The molecule has 180 valence electrons. The SMILES string of the molecule is N#Cc1cc(S(=O)(=O)Nc2ncns2)ccc1OCCC12CCC(c3ccccc31)c1ccccc12. The average Bonchev–Trinajstić information content (AvgIpc) is 3.41. The molecule has 3 aromatic carbocycles. The summed E-state index contributed by atoms with van der Waals surface area (Å²) in [5, 5.41) is 9.87. The standard InChI is InChI=1S/C27H22N4O3S2/c28-16-18-15-19(36(32,33)31-26-29-17-30-35-26)9-10-25(18)34-14-13-27-12-11-20(21-5-1-3-7-23(21)27)22-6-2-4-8-24(22)27/h1-10,15,17,20H,11-14H2,(H,29,30,31). The number of hydrogen-bond donors (Lipinski definition) is 1. The van der Waals surface area contributed by atoms with Gasteiger partial charge in [-0.2, -0.15) is 9.64 Å². The summed E-state index contributed by atoms with van der Waals surface area (Å²) in [6.07, 6.45) is 4.19. The Morgan fingerprint density at radius 3 is 2.47 bits per heavy atom. The molecule has 1 N–H and O–H groups in total. The van der Waals surface area contributed by atoms with Gasteiger partial charge in [-0.25, -0.2) is 13.4 Å². The van der Waals surface area contributed by atoms with E-state index in [1.165, 1.54) is 40.7 Å². The molecule has 0 atom stereocenters. The lowest BCUT2D eigenvalue weighted by molar-refractivity contribution is 0.247. The molecule has 0 saturated carbocycles. The molecule has 7 nitrogen and oxygen atoms in total. The molecule has 3 aliphatic rings. The van der Waals surface area contributed by atoms with E-state index in [1.54, 1.807) is 6.07 Å². The first-order chi connectivity index (χ1) is 17.5. The Labute approximate surface area is 213 Å². The van der Waals surface area contributed by atoms with Gasteiger partial charge in [0.2, 0.25) is 5.13 Å². The highest BCUT2D eigenvalue weighted by Crippen LogP contribution is 2.57. The molecule has 0 amide bonds. The lowest BCUT2D eigenvalue weighted by Crippen LogP contribution is -2.41. The van der Waals surface area contributed by atoms with E-state index in [9.17, 15) is 13.7 Å². The summed E-state index contributed by atoms with van der Waals surface area (Å²) in [5.74, 6) is 0.809. The minimum absolute atomic E-state index is 0.0337. The largest absolute Gasteiger partial charge is 0.492 e. The predicted octanol–water partition coefficient (Wildman–Crippen LogP) is 5.20. The van der Waals surface area contributed by atoms with Crippen molar-refractivity contribution in [1.82, 2.24) is 9.36 Å². The molecule has 7 rings (SSSR count). The van der Waals surface area contributed by atoms with E-state index in [2.05, 4.69) is 68.7 Å². The van der Waals surface area contributed by atoms with Gasteiger partial charge in [-0.15, -0.1) is 0 Å². The van der Waals surface area contributed by atoms with Crippen LogP contribution in [0.4, 0.5) is 5.13 Å². The Kier molecular flexibility index (Phi) is 5.51. The second kappa shape index (κ2) is 8.73. The molecule has 0 radical (unpaired) electrons. The molecule has 36 heavy (non-hydrogen) atoms. The third kappa shape index (κ3) is 3.65. The number of ether oxygens (including phenoxy) is 1. The molecule has 9 heteroatoms. The summed E-state index contributed by atoms with van der Waals surface area (Å²) >= 11 is 0.936. The Hall–Kier alpha value is -3.74. The number of fused-ring (bicyclic) bond motifs is 1. The maximum atomic E-state index is 12.7. The van der Waals surface area contributed by atoms with Crippen molar-refractivity contribution in [2.45, 2.75) is 35.5 Å². The zero-order valence-corrected chi connectivity index (χ0v) is 20.8. The Morgan fingerprint density at radius 2 is 1.81 bits per heavy atom. The van der Waals surface area contributed by atoms with Crippen LogP contribution in [0.2, 0.25) is 0 Å². The van der Waals surface area contributed by atoms with Crippen molar-refractivity contribution in [2.24, 2.45) is 0 Å². The zero-order chi connectivity index (χ0) is 24.8. The van der Waals surface area contributed by atoms with Gasteiger partial charge in [0.15, 0.2) is 0 Å². The first kappa shape index (κ1) is 22.7. The van der Waals surface area contributed by atoms with Crippen molar-refractivity contribution in [1.29, 1.82) is 5.26 Å². The third-order valence-corrected chi connectivity index (χ3v) is 9.36. The van der Waals surface area contributed by atoms with E-state index < -0.39 is 10.0 Å². The highest BCUT2D eigenvalue weighted by atomic mass is 32.2. The van der Waals surface area contributed by atoms with E-state index >= 15 is 0 Å². The number of hydrogen-bond acceptors (Lipinski definition) is 7. The van der Waals surface area contributed by atoms with Gasteiger partial charge in [0.25, 0.3) is 10.0 Å². The number of nitrogens with one attached hydrogen (secondary N) is 1. The summed E-state index contributed by atoms with van der Waals surface area (Å²) in [6, 6.07) is 23.8. The normalized spacial score (nSPS) is 19.7. The number of aromatic nitrogens is 2. The maximum Gasteiger partial charge on any atom is 0.263 e. The van der Waals surface area contributed by atoms with Gasteiger partial charge in [0.1, 0.15) is 18.1 Å². The number of nitriles is 1. The average molecular weight is 515 g/mol. The fourth-order valence-corrected chi connectivity index (χ4v) is 7.46. The van der Waals surface area contributed by atoms with E-state index in [1.807, 2.05) is 0 Å². The lowest BCUT2D eigenvalue weighted by atomic mass is 9.54. The van der Waals surface area contributed by atoms with Gasteiger partial charge in [-0.3, -0.25) is 4.72 Å². The van der Waals surface area contributed by atoms with Crippen molar-refractivity contribution in [3.05, 3.63) is 101 Å². The molecule has 4 aromatic rings. The topological polar surface area (TPSA) is 105 Å². The Morgan fingerprint density at radius 1 is 1.08 bits per heavy atom. The first-order valence-corrected chi connectivity index (χ1v) is 13.9. The molecular formula is C27H22N4O3S2. The first-order valence-electron chi connectivity index (χ1n) is 11.7. The predicted molar refractivity (Wildman–Crippen MR) is 137 cm³/mol. The van der Waals surface area contributed by atoms with Gasteiger partial charge in [-0.05, 0) is 59.7 Å². The molecular weight excluding hydrogens is 492 g/mol. The fraction of sp³-hybridized carbons (Fsp3) is 0.222. The summed E-state index contributed by atoms with van der Waals surface area (Å²) in [6.45, 7) is 0.400. The summed E-state index contributed by atoms with van der Waals surface area (Å²) < 4.78 is 37.7. The van der Waals surface area contributed by atoms with Crippen molar-refractivity contribution >= 4 is 26.7 Å². The third-order valence-electron chi connectivity index (χ3n) is 7.31. The van der Waals surface area contributed by atoms with Crippen LogP contribution in [0.5, 0.6) is 5.75 Å². The zero-order valence-electron chi connectivity index (χ0n) is 19.2. The van der Waals surface area contributed by atoms with Crippen LogP contribution in [0.3, 0.4) is 0 Å². The number of sulfonamides is 1. The van der Waals surface area contributed by atoms with Gasteiger partial charge in [0.05, 0.1) is 17.1 Å². The number of nitrogens with zero attached hydrogens (tertiary/aromatic N) is 3. The maximum absolute atomic E-state index is 12.7. The van der Waals surface area contributed by atoms with Crippen molar-refractivity contribution < 1.29 is 13.2 Å².